The minimum atomic E-state index is -2.99. The number of fused-ring (bicyclic) bond motifs is 1. The van der Waals surface area contributed by atoms with E-state index in [1.165, 1.54) is 16.3 Å². The zero-order chi connectivity index (χ0) is 19.4. The average Bonchev–Trinajstić information content (AvgIpc) is 2.66. The lowest BCUT2D eigenvalue weighted by atomic mass is 9.79. The van der Waals surface area contributed by atoms with Crippen molar-refractivity contribution in [1.29, 1.82) is 0 Å². The fourth-order valence-electron chi connectivity index (χ4n) is 4.14. The van der Waals surface area contributed by atoms with Crippen LogP contribution in [0.3, 0.4) is 0 Å². The highest BCUT2D eigenvalue weighted by molar-refractivity contribution is 7.91. The van der Waals surface area contributed by atoms with Crippen LogP contribution in [0.15, 0.2) is 42.5 Å². The molecule has 0 aromatic heterocycles. The van der Waals surface area contributed by atoms with Crippen LogP contribution < -0.4 is 0 Å². The van der Waals surface area contributed by atoms with Crippen molar-refractivity contribution in [3.05, 3.63) is 48.0 Å². The van der Waals surface area contributed by atoms with Gasteiger partial charge in [0.05, 0.1) is 11.0 Å². The molecule has 1 aliphatic rings. The Bertz CT molecular complexity index is 885. The van der Waals surface area contributed by atoms with E-state index in [1.807, 2.05) is 12.1 Å². The molecule has 0 atom stereocenters. The lowest BCUT2D eigenvalue weighted by molar-refractivity contribution is -0.123. The molecule has 2 aromatic carbocycles. The second-order valence-electron chi connectivity index (χ2n) is 8.20. The third-order valence-corrected chi connectivity index (χ3v) is 8.38. The fourth-order valence-corrected chi connectivity index (χ4v) is 5.52. The zero-order valence-electron chi connectivity index (χ0n) is 16.4. The van der Waals surface area contributed by atoms with Crippen LogP contribution in [0.1, 0.15) is 51.5 Å². The Labute approximate surface area is 163 Å². The number of Topliss-reactive ketones (excluding diaryl/α,β-unsaturated/α-hetero) is 1. The van der Waals surface area contributed by atoms with Crippen LogP contribution in [0.2, 0.25) is 0 Å². The molecule has 1 saturated carbocycles. The summed E-state index contributed by atoms with van der Waals surface area (Å²) in [5.74, 6) is 0.951. The third kappa shape index (κ3) is 4.98. The average molecular weight is 387 g/mol. The summed E-state index contributed by atoms with van der Waals surface area (Å²) in [6, 6.07) is 14.6. The predicted octanol–water partition coefficient (Wildman–Crippen LogP) is 4.97. The highest BCUT2D eigenvalue weighted by Crippen LogP contribution is 2.32. The maximum absolute atomic E-state index is 12.7. The molecule has 0 amide bonds. The Hall–Kier alpha value is -1.68. The number of rotatable bonds is 7. The Morgan fingerprint density at radius 2 is 1.67 bits per heavy atom. The van der Waals surface area contributed by atoms with Crippen molar-refractivity contribution in [3.63, 3.8) is 0 Å². The van der Waals surface area contributed by atoms with E-state index >= 15 is 0 Å². The van der Waals surface area contributed by atoms with E-state index in [2.05, 4.69) is 30.3 Å². The van der Waals surface area contributed by atoms with E-state index in [4.69, 9.17) is 0 Å². The molecule has 0 heterocycles. The summed E-state index contributed by atoms with van der Waals surface area (Å²) in [7, 11) is -2.99. The maximum atomic E-state index is 12.7. The van der Waals surface area contributed by atoms with Crippen LogP contribution in [0.4, 0.5) is 0 Å². The Morgan fingerprint density at radius 3 is 2.37 bits per heavy atom. The van der Waals surface area contributed by atoms with E-state index in [0.29, 0.717) is 12.2 Å². The highest BCUT2D eigenvalue weighted by atomic mass is 32.2. The zero-order valence-corrected chi connectivity index (χ0v) is 17.2. The Morgan fingerprint density at radius 1 is 1.00 bits per heavy atom. The molecule has 0 unspecified atom stereocenters. The molecule has 0 aliphatic heterocycles. The smallest absolute Gasteiger partial charge is 0.152 e. The minimum Gasteiger partial charge on any atom is -0.299 e. The lowest BCUT2D eigenvalue weighted by Crippen LogP contribution is -2.28. The van der Waals surface area contributed by atoms with Gasteiger partial charge in [0.1, 0.15) is 5.78 Å². The quantitative estimate of drug-likeness (QED) is 0.675. The van der Waals surface area contributed by atoms with E-state index in [1.54, 1.807) is 13.8 Å². The first-order valence-electron chi connectivity index (χ1n) is 10.1. The first-order valence-corrected chi connectivity index (χ1v) is 11.8. The van der Waals surface area contributed by atoms with Crippen molar-refractivity contribution in [1.82, 2.24) is 0 Å². The first kappa shape index (κ1) is 20.1. The SMILES string of the molecule is CC(C)S(=O)(=O)CC1CCC(C(=O)CCc2cccc3ccccc23)CC1. The number of hydrogen-bond acceptors (Lipinski definition) is 3. The summed E-state index contributed by atoms with van der Waals surface area (Å²) < 4.78 is 24.2. The monoisotopic (exact) mass is 386 g/mol. The lowest BCUT2D eigenvalue weighted by Gasteiger charge is -2.28. The van der Waals surface area contributed by atoms with Gasteiger partial charge in [-0.05, 0) is 68.2 Å². The molecular formula is C23H30O3S. The van der Waals surface area contributed by atoms with Crippen molar-refractivity contribution in [2.45, 2.75) is 57.6 Å². The van der Waals surface area contributed by atoms with Crippen LogP contribution in [0, 0.1) is 11.8 Å². The molecule has 27 heavy (non-hydrogen) atoms. The van der Waals surface area contributed by atoms with Crippen molar-refractivity contribution in [3.8, 4) is 0 Å². The van der Waals surface area contributed by atoms with E-state index < -0.39 is 9.84 Å². The molecule has 4 heteroatoms. The summed E-state index contributed by atoms with van der Waals surface area (Å²) in [5, 5.41) is 2.14. The molecule has 2 aromatic rings. The molecule has 0 bridgehead atoms. The van der Waals surface area contributed by atoms with Crippen molar-refractivity contribution < 1.29 is 13.2 Å². The summed E-state index contributed by atoms with van der Waals surface area (Å²) >= 11 is 0. The van der Waals surface area contributed by atoms with Gasteiger partial charge in [0.2, 0.25) is 0 Å². The minimum absolute atomic E-state index is 0.109. The Kier molecular flexibility index (Phi) is 6.36. The molecule has 0 saturated heterocycles. The van der Waals surface area contributed by atoms with Gasteiger partial charge in [0.25, 0.3) is 0 Å². The standard InChI is InChI=1S/C23H30O3S/c1-17(2)27(25,26)16-18-10-12-21(13-11-18)23(24)15-14-20-8-5-7-19-6-3-4-9-22(19)20/h3-9,17-18,21H,10-16H2,1-2H3. The number of aryl methyl sites for hydroxylation is 1. The van der Waals surface area contributed by atoms with Gasteiger partial charge in [0.15, 0.2) is 9.84 Å². The van der Waals surface area contributed by atoms with Gasteiger partial charge in [-0.3, -0.25) is 4.79 Å². The van der Waals surface area contributed by atoms with Crippen LogP contribution in [-0.2, 0) is 21.1 Å². The second-order valence-corrected chi connectivity index (χ2v) is 10.8. The molecule has 0 N–H and O–H groups in total. The molecule has 3 nitrogen and oxygen atoms in total. The van der Waals surface area contributed by atoms with Crippen LogP contribution in [0.25, 0.3) is 10.8 Å². The Balaban J connectivity index is 1.53. The largest absolute Gasteiger partial charge is 0.299 e. The van der Waals surface area contributed by atoms with Gasteiger partial charge in [-0.15, -0.1) is 0 Å². The summed E-state index contributed by atoms with van der Waals surface area (Å²) in [4.78, 5) is 12.7. The molecular weight excluding hydrogens is 356 g/mol. The predicted molar refractivity (Wildman–Crippen MR) is 112 cm³/mol. The molecule has 3 rings (SSSR count). The van der Waals surface area contributed by atoms with Gasteiger partial charge >= 0.3 is 0 Å². The van der Waals surface area contributed by atoms with Crippen LogP contribution >= 0.6 is 0 Å². The van der Waals surface area contributed by atoms with Gasteiger partial charge in [0, 0.05) is 12.3 Å². The van der Waals surface area contributed by atoms with Crippen molar-refractivity contribution >= 4 is 26.4 Å². The van der Waals surface area contributed by atoms with Gasteiger partial charge < -0.3 is 0 Å². The fraction of sp³-hybridized carbons (Fsp3) is 0.522. The molecule has 0 radical (unpaired) electrons. The topological polar surface area (TPSA) is 51.2 Å². The van der Waals surface area contributed by atoms with Crippen LogP contribution in [0.5, 0.6) is 0 Å². The number of hydrogen-bond donors (Lipinski definition) is 0. The number of carbonyl (C=O) groups excluding carboxylic acids is 1. The normalized spacial score (nSPS) is 20.9. The van der Waals surface area contributed by atoms with Gasteiger partial charge in [-0.25, -0.2) is 8.42 Å². The van der Waals surface area contributed by atoms with Gasteiger partial charge in [-0.2, -0.15) is 0 Å². The highest BCUT2D eigenvalue weighted by Gasteiger charge is 2.29. The summed E-state index contributed by atoms with van der Waals surface area (Å²) in [5.41, 5.74) is 1.23. The maximum Gasteiger partial charge on any atom is 0.152 e. The number of carbonyl (C=O) groups is 1. The van der Waals surface area contributed by atoms with E-state index in [0.717, 1.165) is 32.1 Å². The van der Waals surface area contributed by atoms with Gasteiger partial charge in [-0.1, -0.05) is 42.5 Å². The second kappa shape index (κ2) is 8.55. The van der Waals surface area contributed by atoms with E-state index in [9.17, 15) is 13.2 Å². The third-order valence-electron chi connectivity index (χ3n) is 6.01. The molecule has 146 valence electrons. The van der Waals surface area contributed by atoms with Crippen molar-refractivity contribution in [2.75, 3.05) is 5.75 Å². The van der Waals surface area contributed by atoms with Crippen molar-refractivity contribution in [2.24, 2.45) is 11.8 Å². The summed E-state index contributed by atoms with van der Waals surface area (Å²) in [6.07, 6.45) is 4.75. The molecule has 1 aliphatic carbocycles. The molecule has 0 spiro atoms. The summed E-state index contributed by atoms with van der Waals surface area (Å²) in [6.45, 7) is 3.50. The number of ketones is 1. The first-order chi connectivity index (χ1) is 12.9. The number of benzene rings is 2. The molecule has 1 fully saturated rings. The van der Waals surface area contributed by atoms with Crippen LogP contribution in [-0.4, -0.2) is 25.2 Å². The van der Waals surface area contributed by atoms with E-state index in [-0.39, 0.29) is 22.8 Å². The number of sulfone groups is 1.